The molecule has 0 heterocycles. The van der Waals surface area contributed by atoms with Crippen molar-refractivity contribution in [2.24, 2.45) is 0 Å². The third-order valence-corrected chi connectivity index (χ3v) is 6.03. The largest absolute Gasteiger partial charge is 0.497 e. The van der Waals surface area contributed by atoms with Gasteiger partial charge in [0.25, 0.3) is 0 Å². The molecule has 24 heavy (non-hydrogen) atoms. The van der Waals surface area contributed by atoms with E-state index in [1.165, 1.54) is 0 Å². The summed E-state index contributed by atoms with van der Waals surface area (Å²) in [6, 6.07) is 11.3. The number of rotatable bonds is 7. The molecule has 0 amide bonds. The van der Waals surface area contributed by atoms with Crippen molar-refractivity contribution >= 4 is 13.9 Å². The van der Waals surface area contributed by atoms with E-state index < -0.39 is 0 Å². The van der Waals surface area contributed by atoms with Crippen LogP contribution in [-0.4, -0.2) is 14.2 Å². The summed E-state index contributed by atoms with van der Waals surface area (Å²) in [4.78, 5) is 0. The monoisotopic (exact) mass is 348 g/mol. The molecule has 0 saturated carbocycles. The second-order valence-electron chi connectivity index (χ2n) is 6.26. The Hall–Kier alpha value is -1.60. The zero-order valence-electron chi connectivity index (χ0n) is 15.1. The standard InChI is InChI=1S/C20H26FO2P/c1-6-11-20(3,24-19-10-7-14(2)12-17(19)21)16-13-15(22-4)8-9-18(16)23-5/h7-10,12-13,24H,6,11H2,1-5H3. The zero-order chi connectivity index (χ0) is 17.7. The van der Waals surface area contributed by atoms with Gasteiger partial charge in [-0.1, -0.05) is 41.0 Å². The predicted molar refractivity (Wildman–Crippen MR) is 101 cm³/mol. The van der Waals surface area contributed by atoms with Gasteiger partial charge in [0.1, 0.15) is 17.3 Å². The molecule has 2 unspecified atom stereocenters. The number of hydrogen-bond donors (Lipinski definition) is 0. The lowest BCUT2D eigenvalue weighted by Gasteiger charge is -2.32. The molecule has 130 valence electrons. The van der Waals surface area contributed by atoms with E-state index in [1.807, 2.05) is 37.3 Å². The molecular formula is C20H26FO2P. The van der Waals surface area contributed by atoms with Crippen LogP contribution in [0.15, 0.2) is 36.4 Å². The van der Waals surface area contributed by atoms with Gasteiger partial charge in [-0.25, -0.2) is 4.39 Å². The third kappa shape index (κ3) is 4.08. The van der Waals surface area contributed by atoms with Crippen molar-refractivity contribution in [1.82, 2.24) is 0 Å². The molecule has 2 aromatic rings. The molecule has 0 aliphatic carbocycles. The van der Waals surface area contributed by atoms with Gasteiger partial charge in [0.05, 0.1) is 14.2 Å². The van der Waals surface area contributed by atoms with E-state index in [0.717, 1.165) is 40.8 Å². The van der Waals surface area contributed by atoms with E-state index in [4.69, 9.17) is 9.47 Å². The minimum atomic E-state index is -0.204. The molecule has 2 atom stereocenters. The molecule has 0 fully saturated rings. The van der Waals surface area contributed by atoms with Crippen LogP contribution in [0.2, 0.25) is 0 Å². The Bertz CT molecular complexity index is 702. The minimum Gasteiger partial charge on any atom is -0.497 e. The van der Waals surface area contributed by atoms with E-state index in [-0.39, 0.29) is 11.0 Å². The number of benzene rings is 2. The molecule has 2 nitrogen and oxygen atoms in total. The lowest BCUT2D eigenvalue weighted by Crippen LogP contribution is -2.21. The Morgan fingerprint density at radius 1 is 1.08 bits per heavy atom. The fourth-order valence-corrected chi connectivity index (χ4v) is 4.69. The summed E-state index contributed by atoms with van der Waals surface area (Å²) < 4.78 is 25.4. The average molecular weight is 348 g/mol. The molecule has 0 aromatic heterocycles. The summed E-state index contributed by atoms with van der Waals surface area (Å²) in [5.74, 6) is 1.49. The maximum Gasteiger partial charge on any atom is 0.130 e. The molecule has 2 aromatic carbocycles. The van der Waals surface area contributed by atoms with Crippen molar-refractivity contribution in [1.29, 1.82) is 0 Å². The van der Waals surface area contributed by atoms with Gasteiger partial charge in [-0.15, -0.1) is 0 Å². The second-order valence-corrected chi connectivity index (χ2v) is 8.15. The Kier molecular flexibility index (Phi) is 6.23. The van der Waals surface area contributed by atoms with Crippen LogP contribution < -0.4 is 14.8 Å². The van der Waals surface area contributed by atoms with E-state index in [9.17, 15) is 4.39 Å². The van der Waals surface area contributed by atoms with Gasteiger partial charge in [-0.05, 0) is 43.2 Å². The topological polar surface area (TPSA) is 18.5 Å². The van der Waals surface area contributed by atoms with Gasteiger partial charge in [-0.2, -0.15) is 0 Å². The van der Waals surface area contributed by atoms with Crippen LogP contribution in [0.5, 0.6) is 11.5 Å². The van der Waals surface area contributed by atoms with Gasteiger partial charge in [0.15, 0.2) is 0 Å². The molecule has 0 aliphatic rings. The second kappa shape index (κ2) is 7.98. The van der Waals surface area contributed by atoms with Crippen molar-refractivity contribution in [3.63, 3.8) is 0 Å². The maximum atomic E-state index is 14.4. The molecule has 0 spiro atoms. The van der Waals surface area contributed by atoms with E-state index >= 15 is 0 Å². The third-order valence-electron chi connectivity index (χ3n) is 4.29. The summed E-state index contributed by atoms with van der Waals surface area (Å²) in [5.41, 5.74) is 2.02. The first-order chi connectivity index (χ1) is 11.4. The van der Waals surface area contributed by atoms with Crippen LogP contribution >= 0.6 is 8.58 Å². The highest BCUT2D eigenvalue weighted by atomic mass is 31.1. The summed E-state index contributed by atoms with van der Waals surface area (Å²) in [6.45, 7) is 6.25. The van der Waals surface area contributed by atoms with Crippen molar-refractivity contribution in [2.75, 3.05) is 14.2 Å². The number of halogens is 1. The highest BCUT2D eigenvalue weighted by Crippen LogP contribution is 2.49. The van der Waals surface area contributed by atoms with E-state index in [1.54, 1.807) is 20.3 Å². The Morgan fingerprint density at radius 3 is 2.42 bits per heavy atom. The predicted octanol–water partition coefficient (Wildman–Crippen LogP) is 5.17. The summed E-state index contributed by atoms with van der Waals surface area (Å²) in [7, 11) is 3.65. The summed E-state index contributed by atoms with van der Waals surface area (Å²) >= 11 is 0. The number of aryl methyl sites for hydroxylation is 1. The lowest BCUT2D eigenvalue weighted by molar-refractivity contribution is 0.391. The fraction of sp³-hybridized carbons (Fsp3) is 0.400. The average Bonchev–Trinajstić information content (AvgIpc) is 2.57. The van der Waals surface area contributed by atoms with Crippen molar-refractivity contribution in [2.45, 2.75) is 38.8 Å². The van der Waals surface area contributed by atoms with Gasteiger partial charge in [-0.3, -0.25) is 0 Å². The molecule has 0 aliphatic heterocycles. The normalized spacial score (nSPS) is 13.9. The minimum absolute atomic E-state index is 0.127. The number of hydrogen-bond acceptors (Lipinski definition) is 2. The first-order valence-electron chi connectivity index (χ1n) is 8.20. The first kappa shape index (κ1) is 18.7. The highest BCUT2D eigenvalue weighted by Gasteiger charge is 2.31. The van der Waals surface area contributed by atoms with Gasteiger partial charge in [0, 0.05) is 16.0 Å². The number of methoxy groups -OCH3 is 2. The lowest BCUT2D eigenvalue weighted by atomic mass is 9.94. The smallest absolute Gasteiger partial charge is 0.130 e. The maximum absolute atomic E-state index is 14.4. The molecule has 4 heteroatoms. The van der Waals surface area contributed by atoms with Crippen LogP contribution in [0.1, 0.15) is 37.8 Å². The molecule has 0 radical (unpaired) electrons. The van der Waals surface area contributed by atoms with Crippen LogP contribution in [0.4, 0.5) is 4.39 Å². The Labute approximate surface area is 146 Å². The van der Waals surface area contributed by atoms with Gasteiger partial charge in [0.2, 0.25) is 0 Å². The Morgan fingerprint density at radius 2 is 1.83 bits per heavy atom. The summed E-state index contributed by atoms with van der Waals surface area (Å²) in [6.07, 6.45) is 1.96. The quantitative estimate of drug-likeness (QED) is 0.643. The molecule has 0 saturated heterocycles. The molecule has 0 N–H and O–H groups in total. The van der Waals surface area contributed by atoms with Crippen LogP contribution in [0, 0.1) is 12.7 Å². The van der Waals surface area contributed by atoms with Gasteiger partial charge < -0.3 is 9.47 Å². The SMILES string of the molecule is CCCC(C)(Pc1ccc(C)cc1F)c1cc(OC)ccc1OC. The van der Waals surface area contributed by atoms with Crippen LogP contribution in [0.25, 0.3) is 0 Å². The van der Waals surface area contributed by atoms with Crippen molar-refractivity contribution in [3.8, 4) is 11.5 Å². The zero-order valence-corrected chi connectivity index (χ0v) is 16.1. The highest BCUT2D eigenvalue weighted by molar-refractivity contribution is 7.48. The Balaban J connectivity index is 2.50. The fourth-order valence-electron chi connectivity index (χ4n) is 3.03. The van der Waals surface area contributed by atoms with Crippen LogP contribution in [-0.2, 0) is 5.16 Å². The van der Waals surface area contributed by atoms with Crippen molar-refractivity contribution < 1.29 is 13.9 Å². The molecule has 2 rings (SSSR count). The first-order valence-corrected chi connectivity index (χ1v) is 9.20. The summed E-state index contributed by atoms with van der Waals surface area (Å²) in [5, 5.41) is 0.562. The molecular weight excluding hydrogens is 322 g/mol. The van der Waals surface area contributed by atoms with Gasteiger partial charge >= 0.3 is 0 Å². The van der Waals surface area contributed by atoms with Crippen LogP contribution in [0.3, 0.4) is 0 Å². The molecule has 0 bridgehead atoms. The number of ether oxygens (including phenoxy) is 2. The van der Waals surface area contributed by atoms with Crippen molar-refractivity contribution in [3.05, 3.63) is 53.3 Å². The van der Waals surface area contributed by atoms with E-state index in [0.29, 0.717) is 8.58 Å². The van der Waals surface area contributed by atoms with E-state index in [2.05, 4.69) is 13.8 Å².